The number of hydrogen-bond donors (Lipinski definition) is 0. The molecule has 32 heavy (non-hydrogen) atoms. The Hall–Kier alpha value is -3.55. The fraction of sp³-hybridized carbons (Fsp3) is 0. The van der Waals surface area contributed by atoms with E-state index in [0.29, 0.717) is 5.30 Å². The van der Waals surface area contributed by atoms with Crippen LogP contribution in [0.3, 0.4) is 0 Å². The van der Waals surface area contributed by atoms with Gasteiger partial charge >= 0.3 is 0 Å². The Bertz CT molecular complexity index is 1620. The average molecular weight is 438 g/mol. The summed E-state index contributed by atoms with van der Waals surface area (Å²) in [7, 11) is -3.86. The molecule has 1 nitrogen and oxygen atoms in total. The van der Waals surface area contributed by atoms with E-state index in [1.54, 1.807) is 30.3 Å². The summed E-state index contributed by atoms with van der Waals surface area (Å²) in [5, 5.41) is 6.40. The highest BCUT2D eigenvalue weighted by molar-refractivity contribution is 7.85. The van der Waals surface area contributed by atoms with Gasteiger partial charge in [0.25, 0.3) is 0 Å². The van der Waals surface area contributed by atoms with E-state index in [1.807, 2.05) is 42.5 Å². The molecule has 0 N–H and O–H groups in total. The molecule has 0 fully saturated rings. The van der Waals surface area contributed by atoms with Crippen molar-refractivity contribution in [1.29, 1.82) is 0 Å². The van der Waals surface area contributed by atoms with Gasteiger partial charge < -0.3 is 4.57 Å². The first-order chi connectivity index (χ1) is 15.6. The van der Waals surface area contributed by atoms with Crippen LogP contribution < -0.4 is 15.9 Å². The summed E-state index contributed by atoms with van der Waals surface area (Å²) in [4.78, 5) is 0. The van der Waals surface area contributed by atoms with Gasteiger partial charge in [-0.25, -0.2) is 8.78 Å². The van der Waals surface area contributed by atoms with E-state index in [9.17, 15) is 4.57 Å². The Balaban J connectivity index is 1.81. The van der Waals surface area contributed by atoms with Gasteiger partial charge in [0.2, 0.25) is 0 Å². The van der Waals surface area contributed by atoms with E-state index in [2.05, 4.69) is 6.07 Å². The molecular formula is C28H17F2OP. The molecule has 0 saturated heterocycles. The predicted octanol–water partition coefficient (Wildman–Crippen LogP) is 6.50. The van der Waals surface area contributed by atoms with Crippen molar-refractivity contribution in [2.24, 2.45) is 0 Å². The zero-order chi connectivity index (χ0) is 21.9. The largest absolute Gasteiger partial charge is 0.308 e. The molecule has 6 rings (SSSR count). The van der Waals surface area contributed by atoms with Gasteiger partial charge in [-0.15, -0.1) is 0 Å². The van der Waals surface area contributed by atoms with Gasteiger partial charge in [0.05, 0.1) is 10.6 Å². The average Bonchev–Trinajstić information content (AvgIpc) is 2.82. The van der Waals surface area contributed by atoms with Crippen LogP contribution in [0.5, 0.6) is 0 Å². The summed E-state index contributed by atoms with van der Waals surface area (Å²) in [5.41, 5.74) is 0. The Morgan fingerprint density at radius 1 is 0.469 bits per heavy atom. The van der Waals surface area contributed by atoms with Crippen molar-refractivity contribution in [2.45, 2.75) is 0 Å². The maximum atomic E-state index is 15.1. The van der Waals surface area contributed by atoms with Crippen LogP contribution >= 0.6 is 7.14 Å². The molecule has 0 spiro atoms. The number of halogens is 2. The first-order valence-electron chi connectivity index (χ1n) is 10.4. The predicted molar refractivity (Wildman–Crippen MR) is 129 cm³/mol. The second kappa shape index (κ2) is 6.98. The van der Waals surface area contributed by atoms with Gasteiger partial charge in [0.1, 0.15) is 11.6 Å². The summed E-state index contributed by atoms with van der Waals surface area (Å²) in [6, 6.07) is 29.7. The molecule has 0 unspecified atom stereocenters. The highest BCUT2D eigenvalue weighted by Gasteiger charge is 2.36. The molecule has 6 aromatic carbocycles. The summed E-state index contributed by atoms with van der Waals surface area (Å²) < 4.78 is 45.1. The lowest BCUT2D eigenvalue weighted by atomic mass is 9.94. The van der Waals surface area contributed by atoms with Gasteiger partial charge in [0, 0.05) is 5.30 Å². The fourth-order valence-corrected chi connectivity index (χ4v) is 7.73. The van der Waals surface area contributed by atoms with Crippen molar-refractivity contribution in [3.8, 4) is 0 Å². The first kappa shape index (κ1) is 19.2. The highest BCUT2D eigenvalue weighted by atomic mass is 31.2. The Morgan fingerprint density at radius 3 is 1.56 bits per heavy atom. The van der Waals surface area contributed by atoms with Crippen molar-refractivity contribution in [3.05, 3.63) is 115 Å². The third kappa shape index (κ3) is 2.58. The minimum Gasteiger partial charge on any atom is -0.308 e. The zero-order valence-corrected chi connectivity index (χ0v) is 17.8. The molecule has 0 heterocycles. The lowest BCUT2D eigenvalue weighted by Crippen LogP contribution is -2.29. The van der Waals surface area contributed by atoms with Gasteiger partial charge in [-0.3, -0.25) is 0 Å². The number of hydrogen-bond acceptors (Lipinski definition) is 1. The van der Waals surface area contributed by atoms with E-state index in [1.165, 1.54) is 24.3 Å². The molecule has 154 valence electrons. The minimum atomic E-state index is -3.86. The number of rotatable bonds is 3. The van der Waals surface area contributed by atoms with Crippen LogP contribution in [-0.2, 0) is 4.57 Å². The lowest BCUT2D eigenvalue weighted by Gasteiger charge is -2.23. The van der Waals surface area contributed by atoms with Crippen LogP contribution in [0, 0.1) is 11.6 Å². The monoisotopic (exact) mass is 438 g/mol. The van der Waals surface area contributed by atoms with Gasteiger partial charge in [-0.2, -0.15) is 0 Å². The lowest BCUT2D eigenvalue weighted by molar-refractivity contribution is 0.585. The van der Waals surface area contributed by atoms with Crippen LogP contribution in [0.2, 0.25) is 0 Å². The van der Waals surface area contributed by atoms with E-state index in [4.69, 9.17) is 0 Å². The molecule has 0 aromatic heterocycles. The molecule has 6 aromatic rings. The smallest absolute Gasteiger partial charge is 0.177 e. The third-order valence-corrected chi connectivity index (χ3v) is 9.38. The van der Waals surface area contributed by atoms with Crippen LogP contribution in [0.15, 0.2) is 103 Å². The van der Waals surface area contributed by atoms with E-state index in [0.717, 1.165) is 32.3 Å². The molecular weight excluding hydrogens is 421 g/mol. The van der Waals surface area contributed by atoms with Gasteiger partial charge in [-0.05, 0) is 62.6 Å². The van der Waals surface area contributed by atoms with Crippen molar-refractivity contribution < 1.29 is 13.3 Å². The second-order valence-corrected chi connectivity index (χ2v) is 10.6. The molecule has 0 aliphatic rings. The van der Waals surface area contributed by atoms with E-state index < -0.39 is 18.8 Å². The molecule has 0 radical (unpaired) electrons. The van der Waals surface area contributed by atoms with Crippen LogP contribution in [0.4, 0.5) is 8.78 Å². The van der Waals surface area contributed by atoms with Crippen molar-refractivity contribution in [2.75, 3.05) is 0 Å². The van der Waals surface area contributed by atoms with Crippen molar-refractivity contribution in [3.63, 3.8) is 0 Å². The van der Waals surface area contributed by atoms with Crippen molar-refractivity contribution in [1.82, 2.24) is 0 Å². The van der Waals surface area contributed by atoms with E-state index >= 15 is 8.78 Å². The topological polar surface area (TPSA) is 17.1 Å². The SMILES string of the molecule is O=P(c1ccccc1F)(c1ccccc1F)c1ccc2ccc3cccc4ccc1c2c34. The van der Waals surface area contributed by atoms with Crippen molar-refractivity contribution >= 4 is 55.4 Å². The maximum Gasteiger partial charge on any atom is 0.177 e. The summed E-state index contributed by atoms with van der Waals surface area (Å²) in [6.07, 6.45) is 0. The Labute approximate surface area is 183 Å². The normalized spacial score (nSPS) is 12.2. The third-order valence-electron chi connectivity index (χ3n) is 6.23. The maximum absolute atomic E-state index is 15.1. The molecule has 0 aliphatic heterocycles. The molecule has 4 heteroatoms. The standard InChI is InChI=1S/C28H17F2OP/c29-22-8-1-3-10-25(22)32(31,26-11-4-2-9-23(26)30)24-17-15-20-13-12-18-6-5-7-19-14-16-21(24)28(20)27(18)19/h1-17H. The van der Waals surface area contributed by atoms with Crippen LogP contribution in [0.25, 0.3) is 32.3 Å². The molecule has 0 amide bonds. The fourth-order valence-electron chi connectivity index (χ4n) is 4.80. The minimum absolute atomic E-state index is 0.0140. The van der Waals surface area contributed by atoms with Gasteiger partial charge in [0.15, 0.2) is 7.14 Å². The first-order valence-corrected chi connectivity index (χ1v) is 12.1. The molecule has 0 atom stereocenters. The summed E-state index contributed by atoms with van der Waals surface area (Å²) in [5.74, 6) is -1.21. The van der Waals surface area contributed by atoms with Gasteiger partial charge in [-0.1, -0.05) is 72.8 Å². The highest BCUT2D eigenvalue weighted by Crippen LogP contribution is 2.47. The van der Waals surface area contributed by atoms with E-state index in [-0.39, 0.29) is 10.6 Å². The second-order valence-electron chi connectivity index (χ2n) is 7.95. The molecule has 0 saturated carbocycles. The van der Waals surface area contributed by atoms with Crippen LogP contribution in [0.1, 0.15) is 0 Å². The van der Waals surface area contributed by atoms with Crippen LogP contribution in [-0.4, -0.2) is 0 Å². The number of benzene rings is 6. The molecule has 0 aliphatic carbocycles. The molecule has 0 bridgehead atoms. The Kier molecular flexibility index (Phi) is 4.18. The Morgan fingerprint density at radius 2 is 0.969 bits per heavy atom. The quantitative estimate of drug-likeness (QED) is 0.228. The summed E-state index contributed by atoms with van der Waals surface area (Å²) >= 11 is 0. The summed E-state index contributed by atoms with van der Waals surface area (Å²) in [6.45, 7) is 0. The zero-order valence-electron chi connectivity index (χ0n) is 16.9.